The quantitative estimate of drug-likeness (QED) is 0.526. The molecule has 0 saturated heterocycles. The first-order chi connectivity index (χ1) is 5.98. The topological polar surface area (TPSA) is 0 Å². The van der Waals surface area contributed by atoms with Crippen LogP contribution in [-0.4, -0.2) is 0 Å². The first-order valence-corrected chi connectivity index (χ1v) is 5.98. The van der Waals surface area contributed by atoms with Gasteiger partial charge in [0.15, 0.2) is 0 Å². The van der Waals surface area contributed by atoms with Crippen molar-refractivity contribution in [2.75, 3.05) is 0 Å². The Hall–Kier alpha value is 0. The first-order valence-electron chi connectivity index (χ1n) is 5.98. The van der Waals surface area contributed by atoms with Gasteiger partial charge in [0, 0.05) is 0 Å². The lowest BCUT2D eigenvalue weighted by atomic mass is 9.70. The van der Waals surface area contributed by atoms with E-state index in [0.717, 1.165) is 23.7 Å². The summed E-state index contributed by atoms with van der Waals surface area (Å²) in [6, 6.07) is 0. The zero-order valence-electron chi connectivity index (χ0n) is 9.64. The number of fused-ring (bicyclic) bond motifs is 1. The molecule has 0 heteroatoms. The molecular formula is C13H24. The largest absolute Gasteiger partial charge is 0.0625 e. The van der Waals surface area contributed by atoms with Gasteiger partial charge < -0.3 is 0 Å². The van der Waals surface area contributed by atoms with Crippen LogP contribution in [0.15, 0.2) is 0 Å². The summed E-state index contributed by atoms with van der Waals surface area (Å²) in [5, 5.41) is 0. The second-order valence-corrected chi connectivity index (χ2v) is 6.55. The van der Waals surface area contributed by atoms with Gasteiger partial charge in [0.1, 0.15) is 0 Å². The van der Waals surface area contributed by atoms with Gasteiger partial charge in [0.2, 0.25) is 0 Å². The highest BCUT2D eigenvalue weighted by molar-refractivity contribution is 4.94. The third-order valence-corrected chi connectivity index (χ3v) is 4.42. The molecule has 0 aromatic rings. The molecule has 0 radical (unpaired) electrons. The Morgan fingerprint density at radius 1 is 1.00 bits per heavy atom. The summed E-state index contributed by atoms with van der Waals surface area (Å²) in [6.07, 6.45) is 5.98. The van der Waals surface area contributed by atoms with Crippen LogP contribution in [0.1, 0.15) is 53.4 Å². The van der Waals surface area contributed by atoms with Crippen molar-refractivity contribution in [1.82, 2.24) is 0 Å². The van der Waals surface area contributed by atoms with Crippen molar-refractivity contribution in [3.8, 4) is 0 Å². The van der Waals surface area contributed by atoms with E-state index < -0.39 is 0 Å². The fourth-order valence-corrected chi connectivity index (χ4v) is 4.10. The molecule has 4 unspecified atom stereocenters. The van der Waals surface area contributed by atoms with Gasteiger partial charge in [-0.25, -0.2) is 0 Å². The second kappa shape index (κ2) is 3.00. The molecule has 0 heterocycles. The van der Waals surface area contributed by atoms with E-state index in [0.29, 0.717) is 5.41 Å². The molecule has 0 nitrogen and oxygen atoms in total. The second-order valence-electron chi connectivity index (χ2n) is 6.55. The molecule has 0 aromatic heterocycles. The molecule has 0 bridgehead atoms. The van der Waals surface area contributed by atoms with Crippen LogP contribution in [0.2, 0.25) is 0 Å². The van der Waals surface area contributed by atoms with Crippen molar-refractivity contribution in [1.29, 1.82) is 0 Å². The molecule has 0 aromatic carbocycles. The molecule has 0 aliphatic heterocycles. The van der Waals surface area contributed by atoms with Gasteiger partial charge in [-0.1, -0.05) is 27.7 Å². The minimum Gasteiger partial charge on any atom is -0.0625 e. The molecule has 0 amide bonds. The zero-order chi connectivity index (χ0) is 9.64. The van der Waals surface area contributed by atoms with Gasteiger partial charge >= 0.3 is 0 Å². The Kier molecular flexibility index (Phi) is 2.20. The number of hydrogen-bond acceptors (Lipinski definition) is 0. The molecule has 2 saturated carbocycles. The maximum atomic E-state index is 2.48. The lowest BCUT2D eigenvalue weighted by Crippen LogP contribution is -2.26. The van der Waals surface area contributed by atoms with Crippen LogP contribution in [0.3, 0.4) is 0 Å². The highest BCUT2D eigenvalue weighted by Crippen LogP contribution is 2.54. The average molecular weight is 180 g/mol. The standard InChI is InChI=1S/C13H24/c1-9-5-10(2)12-8-13(3,4)7-11(12)6-9/h9-12H,5-8H2,1-4H3. The van der Waals surface area contributed by atoms with Crippen LogP contribution in [0.5, 0.6) is 0 Å². The number of rotatable bonds is 0. The van der Waals surface area contributed by atoms with E-state index in [1.54, 1.807) is 0 Å². The van der Waals surface area contributed by atoms with Crippen LogP contribution in [-0.2, 0) is 0 Å². The lowest BCUT2D eigenvalue weighted by molar-refractivity contribution is 0.150. The van der Waals surface area contributed by atoms with Crippen LogP contribution in [0.4, 0.5) is 0 Å². The van der Waals surface area contributed by atoms with Crippen molar-refractivity contribution in [3.63, 3.8) is 0 Å². The van der Waals surface area contributed by atoms with Gasteiger partial charge in [0.25, 0.3) is 0 Å². The van der Waals surface area contributed by atoms with Crippen molar-refractivity contribution in [2.45, 2.75) is 53.4 Å². The van der Waals surface area contributed by atoms with Gasteiger partial charge in [-0.15, -0.1) is 0 Å². The van der Waals surface area contributed by atoms with E-state index in [9.17, 15) is 0 Å². The third kappa shape index (κ3) is 1.78. The predicted molar refractivity (Wildman–Crippen MR) is 57.6 cm³/mol. The molecule has 2 aliphatic rings. The Bertz CT molecular complexity index is 192. The molecule has 0 spiro atoms. The first kappa shape index (κ1) is 9.55. The summed E-state index contributed by atoms with van der Waals surface area (Å²) in [7, 11) is 0. The fraction of sp³-hybridized carbons (Fsp3) is 1.00. The van der Waals surface area contributed by atoms with Crippen LogP contribution in [0, 0.1) is 29.1 Å². The van der Waals surface area contributed by atoms with Crippen LogP contribution in [0.25, 0.3) is 0 Å². The minimum atomic E-state index is 0.646. The van der Waals surface area contributed by atoms with E-state index in [1.807, 2.05) is 0 Å². The Morgan fingerprint density at radius 2 is 1.69 bits per heavy atom. The fourth-order valence-electron chi connectivity index (χ4n) is 4.10. The minimum absolute atomic E-state index is 0.646. The Labute approximate surface area is 83.1 Å². The van der Waals surface area contributed by atoms with E-state index in [1.165, 1.54) is 25.7 Å². The van der Waals surface area contributed by atoms with Gasteiger partial charge in [-0.2, -0.15) is 0 Å². The van der Waals surface area contributed by atoms with Crippen molar-refractivity contribution >= 4 is 0 Å². The van der Waals surface area contributed by atoms with Gasteiger partial charge in [-0.3, -0.25) is 0 Å². The highest BCUT2D eigenvalue weighted by atomic mass is 14.5. The van der Waals surface area contributed by atoms with Gasteiger partial charge in [0.05, 0.1) is 0 Å². The summed E-state index contributed by atoms with van der Waals surface area (Å²) in [6.45, 7) is 9.85. The van der Waals surface area contributed by atoms with E-state index in [4.69, 9.17) is 0 Å². The molecule has 13 heavy (non-hydrogen) atoms. The van der Waals surface area contributed by atoms with Gasteiger partial charge in [-0.05, 0) is 54.8 Å². The third-order valence-electron chi connectivity index (χ3n) is 4.42. The van der Waals surface area contributed by atoms with E-state index in [-0.39, 0.29) is 0 Å². The Morgan fingerprint density at radius 3 is 2.38 bits per heavy atom. The van der Waals surface area contributed by atoms with Crippen molar-refractivity contribution < 1.29 is 0 Å². The van der Waals surface area contributed by atoms with E-state index in [2.05, 4.69) is 27.7 Å². The average Bonchev–Trinajstić information content (AvgIpc) is 2.23. The smallest absolute Gasteiger partial charge is 0.0349 e. The Balaban J connectivity index is 2.10. The SMILES string of the molecule is CC1CC(C)C2CC(C)(C)CC2C1. The molecule has 76 valence electrons. The lowest BCUT2D eigenvalue weighted by Gasteiger charge is -2.35. The normalized spacial score (nSPS) is 48.9. The number of hydrogen-bond donors (Lipinski definition) is 0. The molecule has 4 atom stereocenters. The summed E-state index contributed by atoms with van der Waals surface area (Å²) >= 11 is 0. The summed E-state index contributed by atoms with van der Waals surface area (Å²) in [5.74, 6) is 4.11. The monoisotopic (exact) mass is 180 g/mol. The molecular weight excluding hydrogens is 156 g/mol. The maximum absolute atomic E-state index is 2.48. The van der Waals surface area contributed by atoms with Crippen molar-refractivity contribution in [2.24, 2.45) is 29.1 Å². The molecule has 0 N–H and O–H groups in total. The summed E-state index contributed by atoms with van der Waals surface area (Å²) in [5.41, 5.74) is 0.646. The highest BCUT2D eigenvalue weighted by Gasteiger charge is 2.44. The maximum Gasteiger partial charge on any atom is -0.0349 e. The molecule has 2 aliphatic carbocycles. The predicted octanol–water partition coefficient (Wildman–Crippen LogP) is 4.10. The van der Waals surface area contributed by atoms with E-state index >= 15 is 0 Å². The van der Waals surface area contributed by atoms with Crippen LogP contribution < -0.4 is 0 Å². The summed E-state index contributed by atoms with van der Waals surface area (Å²) in [4.78, 5) is 0. The van der Waals surface area contributed by atoms with Crippen LogP contribution >= 0.6 is 0 Å². The molecule has 2 rings (SSSR count). The molecule has 2 fully saturated rings. The van der Waals surface area contributed by atoms with Crippen molar-refractivity contribution in [3.05, 3.63) is 0 Å². The summed E-state index contributed by atoms with van der Waals surface area (Å²) < 4.78 is 0. The zero-order valence-corrected chi connectivity index (χ0v) is 9.64.